The Bertz CT molecular complexity index is 1490. The maximum atomic E-state index is 13.9. The van der Waals surface area contributed by atoms with Crippen LogP contribution >= 0.6 is 0 Å². The highest BCUT2D eigenvalue weighted by Gasteiger charge is 2.51. The molecule has 0 radical (unpaired) electrons. The van der Waals surface area contributed by atoms with Crippen LogP contribution in [0.4, 0.5) is 0 Å². The van der Waals surface area contributed by atoms with E-state index in [1.165, 1.54) is 0 Å². The Morgan fingerprint density at radius 3 is 2.06 bits per heavy atom. The minimum absolute atomic E-state index is 0.0331. The Labute approximate surface area is 279 Å². The van der Waals surface area contributed by atoms with Crippen molar-refractivity contribution in [2.75, 3.05) is 40.0 Å². The van der Waals surface area contributed by atoms with Crippen LogP contribution in [0.15, 0.2) is 36.4 Å². The first-order valence-electron chi connectivity index (χ1n) is 15.8. The quantitative estimate of drug-likeness (QED) is 0.133. The molecule has 0 bridgehead atoms. The molecule has 0 aliphatic carbocycles. The van der Waals surface area contributed by atoms with E-state index in [1.54, 1.807) is 36.4 Å². The third-order valence-corrected chi connectivity index (χ3v) is 9.49. The second kappa shape index (κ2) is 14.2. The van der Waals surface area contributed by atoms with Crippen molar-refractivity contribution in [3.63, 3.8) is 0 Å². The van der Waals surface area contributed by atoms with E-state index in [9.17, 15) is 40.5 Å². The molecule has 3 fully saturated rings. The Kier molecular flexibility index (Phi) is 9.95. The lowest BCUT2D eigenvalue weighted by Crippen LogP contribution is -2.64. The van der Waals surface area contributed by atoms with Gasteiger partial charge in [0, 0.05) is 11.5 Å². The normalized spacial score (nSPS) is 38.1. The van der Waals surface area contributed by atoms with Gasteiger partial charge in [-0.15, -0.1) is 0 Å². The number of ketones is 1. The van der Waals surface area contributed by atoms with Gasteiger partial charge >= 0.3 is 0 Å². The summed E-state index contributed by atoms with van der Waals surface area (Å²) in [4.78, 5) is 13.9. The highest BCUT2D eigenvalue weighted by Crippen LogP contribution is 2.44. The molecule has 7 N–H and O–H groups in total. The van der Waals surface area contributed by atoms with E-state index in [0.717, 1.165) is 0 Å². The molecule has 7 rings (SSSR count). The number of rotatable bonds is 10. The van der Waals surface area contributed by atoms with E-state index in [2.05, 4.69) is 0 Å². The van der Waals surface area contributed by atoms with Gasteiger partial charge in [0.15, 0.2) is 41.4 Å². The van der Waals surface area contributed by atoms with Crippen LogP contribution < -0.4 is 18.9 Å². The molecule has 3 saturated heterocycles. The summed E-state index contributed by atoms with van der Waals surface area (Å²) < 4.78 is 50.8. The number of hydrogen-bond donors (Lipinski definition) is 7. The van der Waals surface area contributed by atoms with E-state index in [1.807, 2.05) is 0 Å². The van der Waals surface area contributed by atoms with Crippen LogP contribution in [0.2, 0.25) is 0 Å². The summed E-state index contributed by atoms with van der Waals surface area (Å²) >= 11 is 0. The molecule has 2 aromatic rings. The summed E-state index contributed by atoms with van der Waals surface area (Å²) in [5.41, 5.74) is 1.05. The van der Waals surface area contributed by atoms with Crippen LogP contribution in [-0.4, -0.2) is 143 Å². The molecular formula is C32H38O17. The van der Waals surface area contributed by atoms with E-state index < -0.39 is 92.6 Å². The number of aliphatic hydroxyl groups excluding tert-OH is 7. The number of carbonyl (C=O) groups is 1. The zero-order valence-corrected chi connectivity index (χ0v) is 25.9. The molecule has 0 spiro atoms. The van der Waals surface area contributed by atoms with Crippen LogP contribution in [0, 0.1) is 11.8 Å². The van der Waals surface area contributed by atoms with Gasteiger partial charge in [0.25, 0.3) is 0 Å². The van der Waals surface area contributed by atoms with Crippen molar-refractivity contribution in [3.8, 4) is 23.0 Å². The molecule has 5 aliphatic heterocycles. The van der Waals surface area contributed by atoms with Gasteiger partial charge in [-0.2, -0.15) is 0 Å². The van der Waals surface area contributed by atoms with Gasteiger partial charge in [-0.1, -0.05) is 6.07 Å². The van der Waals surface area contributed by atoms with Crippen LogP contribution in [0.5, 0.6) is 23.0 Å². The second-order valence-electron chi connectivity index (χ2n) is 12.4. The number of benzene rings is 2. The maximum Gasteiger partial charge on any atom is 0.231 e. The monoisotopic (exact) mass is 694 g/mol. The highest BCUT2D eigenvalue weighted by molar-refractivity contribution is 5.99. The molecular weight excluding hydrogens is 656 g/mol. The van der Waals surface area contributed by atoms with Crippen molar-refractivity contribution in [1.82, 2.24) is 0 Å². The summed E-state index contributed by atoms with van der Waals surface area (Å²) in [7, 11) is 0. The lowest BCUT2D eigenvalue weighted by atomic mass is 9.83. The van der Waals surface area contributed by atoms with Crippen molar-refractivity contribution >= 4 is 5.78 Å². The van der Waals surface area contributed by atoms with E-state index >= 15 is 0 Å². The van der Waals surface area contributed by atoms with E-state index in [-0.39, 0.29) is 32.6 Å². The Morgan fingerprint density at radius 1 is 0.714 bits per heavy atom. The molecule has 13 atom stereocenters. The van der Waals surface area contributed by atoms with Crippen molar-refractivity contribution in [3.05, 3.63) is 47.5 Å². The molecule has 5 heterocycles. The number of hydrogen-bond acceptors (Lipinski definition) is 17. The standard InChI is InChI=1S/C32H38O17/c33-7-21-24(36)25(37)27(39)32(47-21)49-30-22(8-34)48-31(28(40)26(30)38)42-10-16-15(23(35)13-1-3-17-19(5-13)45-11-43-17)9-41-29(16)14-2-4-18-20(6-14)46-12-44-18/h1-6,15-16,21-22,24-34,36-40H,7-12H2/t15-,16-,21+,22+,24+,25-,26+,27+,28+,29+,30+,31+,32-/m0/s1. The van der Waals surface area contributed by atoms with Gasteiger partial charge in [0.2, 0.25) is 13.6 Å². The van der Waals surface area contributed by atoms with Gasteiger partial charge in [-0.3, -0.25) is 4.79 Å². The summed E-state index contributed by atoms with van der Waals surface area (Å²) in [5, 5.41) is 72.4. The number of Topliss-reactive ketones (excluding diaryl/α,β-unsaturated/α-hetero) is 1. The molecule has 0 unspecified atom stereocenters. The van der Waals surface area contributed by atoms with Crippen molar-refractivity contribution in [1.29, 1.82) is 0 Å². The van der Waals surface area contributed by atoms with Gasteiger partial charge in [0.1, 0.15) is 48.8 Å². The lowest BCUT2D eigenvalue weighted by molar-refractivity contribution is -0.360. The summed E-state index contributed by atoms with van der Waals surface area (Å²) in [5.74, 6) is 0.419. The molecule has 0 amide bonds. The Hall–Kier alpha value is -3.17. The van der Waals surface area contributed by atoms with Crippen LogP contribution in [-0.2, 0) is 23.7 Å². The molecule has 17 heteroatoms. The third kappa shape index (κ3) is 6.46. The van der Waals surface area contributed by atoms with Crippen molar-refractivity contribution < 1.29 is 83.2 Å². The number of ether oxygens (including phenoxy) is 9. The summed E-state index contributed by atoms with van der Waals surface area (Å²) in [6.07, 6.45) is -16.7. The van der Waals surface area contributed by atoms with Gasteiger partial charge < -0.3 is 78.4 Å². The molecule has 268 valence electrons. The maximum absolute atomic E-state index is 13.9. The second-order valence-corrected chi connectivity index (χ2v) is 12.4. The summed E-state index contributed by atoms with van der Waals surface area (Å²) in [6.45, 7) is -1.51. The molecule has 5 aliphatic rings. The fraction of sp³-hybridized carbons (Fsp3) is 0.594. The Morgan fingerprint density at radius 2 is 1.35 bits per heavy atom. The largest absolute Gasteiger partial charge is 0.454 e. The van der Waals surface area contributed by atoms with Gasteiger partial charge in [-0.25, -0.2) is 0 Å². The topological polar surface area (TPSA) is 242 Å². The lowest BCUT2D eigenvalue weighted by Gasteiger charge is -2.46. The SMILES string of the molecule is O=C(c1ccc2c(c1)OCO2)[C@H]1CO[C@H](c2ccc3c(c2)OCO3)[C@H]1CO[C@@H]1O[C@H](CO)[C@@H](O[C@@H]2O[C@H](CO)[C@@H](O)[C@H](O)[C@H]2O)[C@H](O)[C@H]1O. The minimum Gasteiger partial charge on any atom is -0.454 e. The fourth-order valence-electron chi connectivity index (χ4n) is 6.74. The molecule has 0 aromatic heterocycles. The number of fused-ring (bicyclic) bond motifs is 2. The average molecular weight is 695 g/mol. The third-order valence-electron chi connectivity index (χ3n) is 9.49. The summed E-state index contributed by atoms with van der Waals surface area (Å²) in [6, 6.07) is 10.2. The highest BCUT2D eigenvalue weighted by atomic mass is 16.7. The smallest absolute Gasteiger partial charge is 0.231 e. The first kappa shape index (κ1) is 34.3. The van der Waals surface area contributed by atoms with Crippen molar-refractivity contribution in [2.24, 2.45) is 11.8 Å². The predicted molar refractivity (Wildman–Crippen MR) is 157 cm³/mol. The van der Waals surface area contributed by atoms with Crippen molar-refractivity contribution in [2.45, 2.75) is 67.5 Å². The average Bonchev–Trinajstić information content (AvgIpc) is 3.89. The fourth-order valence-corrected chi connectivity index (χ4v) is 6.74. The number of aliphatic hydroxyl groups is 7. The molecule has 0 saturated carbocycles. The van der Waals surface area contributed by atoms with Crippen LogP contribution in [0.3, 0.4) is 0 Å². The first-order chi connectivity index (χ1) is 23.7. The molecule has 17 nitrogen and oxygen atoms in total. The molecule has 2 aromatic carbocycles. The van der Waals surface area contributed by atoms with Gasteiger partial charge in [0.05, 0.1) is 38.4 Å². The van der Waals surface area contributed by atoms with Crippen LogP contribution in [0.25, 0.3) is 0 Å². The zero-order valence-electron chi connectivity index (χ0n) is 25.9. The Balaban J connectivity index is 1.08. The van der Waals surface area contributed by atoms with Crippen LogP contribution in [0.1, 0.15) is 22.0 Å². The van der Waals surface area contributed by atoms with E-state index in [0.29, 0.717) is 34.1 Å². The van der Waals surface area contributed by atoms with E-state index in [4.69, 9.17) is 42.6 Å². The van der Waals surface area contributed by atoms with Gasteiger partial charge in [-0.05, 0) is 35.9 Å². The number of carbonyl (C=O) groups excluding carboxylic acids is 1. The zero-order chi connectivity index (χ0) is 34.4. The predicted octanol–water partition coefficient (Wildman–Crippen LogP) is -2.03. The first-order valence-corrected chi connectivity index (χ1v) is 15.8. The minimum atomic E-state index is -1.80. The molecule has 49 heavy (non-hydrogen) atoms.